The molecule has 0 aliphatic rings. The van der Waals surface area contributed by atoms with Crippen molar-refractivity contribution in [3.05, 3.63) is 12.2 Å². The second-order valence-electron chi connectivity index (χ2n) is 1.11. The van der Waals surface area contributed by atoms with Gasteiger partial charge in [-0.1, -0.05) is 53.5 Å². The monoisotopic (exact) mass is 189 g/mol. The van der Waals surface area contributed by atoms with Crippen LogP contribution in [-0.2, 0) is 0 Å². The first kappa shape index (κ1) is 8.96. The van der Waals surface area contributed by atoms with E-state index in [0.717, 1.165) is 0 Å². The van der Waals surface area contributed by atoms with Crippen molar-refractivity contribution in [2.75, 3.05) is 5.75 Å². The van der Waals surface area contributed by atoms with Crippen molar-refractivity contribution in [3.63, 3.8) is 0 Å². The molecule has 0 aromatic carbocycles. The maximum Gasteiger partial charge on any atom is 0.209 e. The van der Waals surface area contributed by atoms with Crippen LogP contribution >= 0.6 is 47.4 Å². The molecule has 0 aromatic heterocycles. The van der Waals surface area contributed by atoms with Gasteiger partial charge in [-0.25, -0.2) is 0 Å². The van der Waals surface area contributed by atoms with Crippen molar-refractivity contribution in [3.8, 4) is 0 Å². The second-order valence-corrected chi connectivity index (χ2v) is 3.81. The van der Waals surface area contributed by atoms with Gasteiger partial charge in [0.2, 0.25) is 3.79 Å². The lowest BCUT2D eigenvalue weighted by Gasteiger charge is -2.00. The van der Waals surface area contributed by atoms with Gasteiger partial charge in [0.05, 0.1) is 0 Å². The van der Waals surface area contributed by atoms with Gasteiger partial charge >= 0.3 is 0 Å². The zero-order valence-corrected chi connectivity index (χ0v) is 6.99. The Balaban J connectivity index is 3.52. The van der Waals surface area contributed by atoms with E-state index in [0.29, 0.717) is 5.75 Å². The van der Waals surface area contributed by atoms with Crippen molar-refractivity contribution in [1.29, 1.82) is 0 Å². The van der Waals surface area contributed by atoms with Crippen molar-refractivity contribution in [2.24, 2.45) is 0 Å². The fourth-order valence-electron chi connectivity index (χ4n) is 0.182. The molecule has 0 atom stereocenters. The Hall–Kier alpha value is 0.960. The molecule has 8 heavy (non-hydrogen) atoms. The third kappa shape index (κ3) is 6.96. The molecule has 0 spiro atoms. The molecule has 0 N–H and O–H groups in total. The van der Waals surface area contributed by atoms with Crippen LogP contribution in [0, 0.1) is 0 Å². The van der Waals surface area contributed by atoms with E-state index in [1.165, 1.54) is 6.08 Å². The molecule has 0 nitrogen and oxygen atoms in total. The average molecular weight is 191 g/mol. The molecule has 1 radical (unpaired) electrons. The largest absolute Gasteiger partial charge is 0.209 e. The molecule has 0 aliphatic heterocycles. The van der Waals surface area contributed by atoms with Gasteiger partial charge in [-0.3, -0.25) is 0 Å². The molecule has 47 valence electrons. The summed E-state index contributed by atoms with van der Waals surface area (Å²) in [6, 6.07) is 0. The van der Waals surface area contributed by atoms with E-state index in [-0.39, 0.29) is 0 Å². The molecule has 0 bridgehead atoms. The third-order valence-electron chi connectivity index (χ3n) is 0.403. The van der Waals surface area contributed by atoms with E-state index in [4.69, 9.17) is 34.8 Å². The van der Waals surface area contributed by atoms with Crippen LogP contribution < -0.4 is 0 Å². The fraction of sp³-hybridized carbons (Fsp3) is 0.500. The van der Waals surface area contributed by atoms with Crippen LogP contribution in [0.15, 0.2) is 12.2 Å². The highest BCUT2D eigenvalue weighted by atomic mass is 35.6. The summed E-state index contributed by atoms with van der Waals surface area (Å²) in [5.41, 5.74) is 0. The van der Waals surface area contributed by atoms with E-state index < -0.39 is 3.79 Å². The summed E-state index contributed by atoms with van der Waals surface area (Å²) in [7, 11) is 0. The molecule has 0 aliphatic carbocycles. The first-order valence-electron chi connectivity index (χ1n) is 1.89. The average Bonchev–Trinajstić information content (AvgIpc) is 1.59. The minimum Gasteiger partial charge on any atom is -0.0897 e. The first-order valence-corrected chi connectivity index (χ1v) is 3.60. The van der Waals surface area contributed by atoms with Gasteiger partial charge in [-0.05, 0) is 6.08 Å². The summed E-state index contributed by atoms with van der Waals surface area (Å²) in [4.78, 5) is 0. The predicted molar refractivity (Wildman–Crippen MR) is 41.9 cm³/mol. The van der Waals surface area contributed by atoms with Gasteiger partial charge in [0, 0.05) is 5.75 Å². The van der Waals surface area contributed by atoms with E-state index in [9.17, 15) is 0 Å². The van der Waals surface area contributed by atoms with E-state index >= 15 is 0 Å². The minimum atomic E-state index is -1.28. The number of alkyl halides is 3. The smallest absolute Gasteiger partial charge is 0.0897 e. The Morgan fingerprint density at radius 2 is 1.88 bits per heavy atom. The molecule has 4 heteroatoms. The van der Waals surface area contributed by atoms with Crippen LogP contribution in [0.5, 0.6) is 0 Å². The Bertz CT molecular complexity index is 83.8. The van der Waals surface area contributed by atoms with Crippen LogP contribution in [0.3, 0.4) is 0 Å². The lowest BCUT2D eigenvalue weighted by Crippen LogP contribution is -1.93. The standard InChI is InChI=1S/C4H4Cl3S/c5-4(6,7)2-1-3-8/h1-2H,3H2. The van der Waals surface area contributed by atoms with Crippen molar-refractivity contribution in [2.45, 2.75) is 3.79 Å². The maximum absolute atomic E-state index is 5.31. The SMILES string of the molecule is [S]CC=CC(Cl)(Cl)Cl. The number of hydrogen-bond acceptors (Lipinski definition) is 0. The van der Waals surface area contributed by atoms with Gasteiger partial charge in [0.1, 0.15) is 0 Å². The summed E-state index contributed by atoms with van der Waals surface area (Å²) >= 11 is 20.5. The number of allylic oxidation sites excluding steroid dienone is 1. The Labute approximate surface area is 69.2 Å². The minimum absolute atomic E-state index is 0.480. The summed E-state index contributed by atoms with van der Waals surface area (Å²) in [5, 5.41) is 0. The van der Waals surface area contributed by atoms with Crippen molar-refractivity contribution >= 4 is 47.4 Å². The zero-order chi connectivity index (χ0) is 6.62. The Morgan fingerprint density at radius 1 is 1.38 bits per heavy atom. The lowest BCUT2D eigenvalue weighted by atomic mass is 10.6. The highest BCUT2D eigenvalue weighted by molar-refractivity contribution is 7.80. The number of halogens is 3. The summed E-state index contributed by atoms with van der Waals surface area (Å²) in [5.74, 6) is 0.480. The van der Waals surface area contributed by atoms with Gasteiger partial charge in [0.15, 0.2) is 0 Å². The summed E-state index contributed by atoms with van der Waals surface area (Å²) < 4.78 is -1.28. The van der Waals surface area contributed by atoms with Crippen LogP contribution in [-0.4, -0.2) is 9.55 Å². The molecule has 0 fully saturated rings. The van der Waals surface area contributed by atoms with Crippen molar-refractivity contribution in [1.82, 2.24) is 0 Å². The van der Waals surface area contributed by atoms with E-state index in [2.05, 4.69) is 12.6 Å². The van der Waals surface area contributed by atoms with E-state index in [1.807, 2.05) is 0 Å². The van der Waals surface area contributed by atoms with Crippen molar-refractivity contribution < 1.29 is 0 Å². The zero-order valence-electron chi connectivity index (χ0n) is 3.90. The van der Waals surface area contributed by atoms with Crippen LogP contribution in [0.2, 0.25) is 0 Å². The highest BCUT2D eigenvalue weighted by Gasteiger charge is 2.12. The second kappa shape index (κ2) is 3.89. The van der Waals surface area contributed by atoms with Gasteiger partial charge < -0.3 is 0 Å². The maximum atomic E-state index is 5.31. The van der Waals surface area contributed by atoms with Crippen LogP contribution in [0.1, 0.15) is 0 Å². The lowest BCUT2D eigenvalue weighted by molar-refractivity contribution is 1.45. The van der Waals surface area contributed by atoms with E-state index in [1.54, 1.807) is 6.08 Å². The molecule has 0 saturated heterocycles. The van der Waals surface area contributed by atoms with Crippen LogP contribution in [0.25, 0.3) is 0 Å². The quantitative estimate of drug-likeness (QED) is 0.440. The van der Waals surface area contributed by atoms with Gasteiger partial charge in [-0.15, -0.1) is 0 Å². The first-order chi connectivity index (χ1) is 3.56. The predicted octanol–water partition coefficient (Wildman–Crippen LogP) is 3.11. The summed E-state index contributed by atoms with van der Waals surface area (Å²) in [6.45, 7) is 0. The topological polar surface area (TPSA) is 0 Å². The number of hydrogen-bond donors (Lipinski definition) is 0. The Morgan fingerprint density at radius 3 is 2.00 bits per heavy atom. The summed E-state index contributed by atoms with van der Waals surface area (Å²) in [6.07, 6.45) is 3.06. The molecule has 0 unspecified atom stereocenters. The molecule has 0 aromatic rings. The van der Waals surface area contributed by atoms with Gasteiger partial charge in [-0.2, -0.15) is 0 Å². The molecular weight excluding hydrogens is 186 g/mol. The molecule has 0 amide bonds. The molecule has 0 heterocycles. The normalized spacial score (nSPS) is 13.0. The molecular formula is C4H4Cl3S. The molecule has 0 rings (SSSR count). The highest BCUT2D eigenvalue weighted by Crippen LogP contribution is 2.26. The van der Waals surface area contributed by atoms with Crippen LogP contribution in [0.4, 0.5) is 0 Å². The van der Waals surface area contributed by atoms with Gasteiger partial charge in [0.25, 0.3) is 0 Å². The molecule has 0 saturated carbocycles. The number of rotatable bonds is 1. The fourth-order valence-corrected chi connectivity index (χ4v) is 0.545. The third-order valence-corrected chi connectivity index (χ3v) is 0.973. The Kier molecular flexibility index (Phi) is 4.35.